The zero-order valence-electron chi connectivity index (χ0n) is 18.2. The molecule has 2 aromatic carbocycles. The van der Waals surface area contributed by atoms with E-state index in [1.54, 1.807) is 4.68 Å². The molecule has 0 saturated heterocycles. The summed E-state index contributed by atoms with van der Waals surface area (Å²) in [6.07, 6.45) is 13.4. The van der Waals surface area contributed by atoms with E-state index in [4.69, 9.17) is 5.84 Å². The Balaban J connectivity index is 1.86. The average Bonchev–Trinajstić information content (AvgIpc) is 3.03. The molecule has 2 nitrogen and oxygen atoms in total. The van der Waals surface area contributed by atoms with E-state index >= 15 is 0 Å². The fourth-order valence-electron chi connectivity index (χ4n) is 3.97. The number of allylic oxidation sites excluding steroid dienone is 3. The Bertz CT molecular complexity index is 931. The van der Waals surface area contributed by atoms with Crippen molar-refractivity contribution in [1.29, 1.82) is 0 Å². The van der Waals surface area contributed by atoms with Crippen LogP contribution in [0, 0.1) is 13.8 Å². The Hall–Kier alpha value is -2.61. The Morgan fingerprint density at radius 2 is 1.45 bits per heavy atom. The number of aryl methyl sites for hydroxylation is 2. The lowest BCUT2D eigenvalue weighted by molar-refractivity contribution is -0.347. The van der Waals surface area contributed by atoms with E-state index < -0.39 is 0 Å². The maximum absolute atomic E-state index is 8.87. The quantitative estimate of drug-likeness (QED) is 0.310. The van der Waals surface area contributed by atoms with Crippen molar-refractivity contribution in [2.45, 2.75) is 65.7 Å². The zero-order chi connectivity index (χ0) is 20.6. The fourth-order valence-corrected chi connectivity index (χ4v) is 3.97. The average molecular weight is 387 g/mol. The third-order valence-electron chi connectivity index (χ3n) is 5.56. The first-order valence-corrected chi connectivity index (χ1v) is 11.0. The van der Waals surface area contributed by atoms with Crippen molar-refractivity contribution < 1.29 is 4.68 Å². The van der Waals surface area contributed by atoms with Gasteiger partial charge < -0.3 is 5.84 Å². The standard InChI is InChI=1S/C27H34N2/c1-4-5-6-7-8-9-10-15-25-20-26(23-16-11-13-21(2)18-23)29(28)27(25)24-17-12-14-22(3)19-24/h11-20,28H,4-10H2,1-3H3. The van der Waals surface area contributed by atoms with Crippen LogP contribution in [0.1, 0.15) is 74.1 Å². The number of nitrogens with one attached hydrogen (secondary N) is 1. The summed E-state index contributed by atoms with van der Waals surface area (Å²) >= 11 is 0. The van der Waals surface area contributed by atoms with Crippen molar-refractivity contribution in [2.75, 3.05) is 0 Å². The van der Waals surface area contributed by atoms with Crippen molar-refractivity contribution in [3.05, 3.63) is 94.4 Å². The van der Waals surface area contributed by atoms with Gasteiger partial charge in [0.2, 0.25) is 11.4 Å². The predicted octanol–water partition coefficient (Wildman–Crippen LogP) is 7.80. The van der Waals surface area contributed by atoms with E-state index in [-0.39, 0.29) is 0 Å². The normalized spacial score (nSPS) is 15.3. The number of hydrogen-bond acceptors (Lipinski definition) is 0. The molecule has 0 radical (unpaired) electrons. The molecule has 0 amide bonds. The monoisotopic (exact) mass is 386 g/mol. The predicted molar refractivity (Wildman–Crippen MR) is 125 cm³/mol. The molecule has 2 heteroatoms. The molecular weight excluding hydrogens is 352 g/mol. The van der Waals surface area contributed by atoms with E-state index in [0.717, 1.165) is 29.0 Å². The van der Waals surface area contributed by atoms with Crippen LogP contribution < -0.4 is 0 Å². The second-order valence-corrected chi connectivity index (χ2v) is 8.17. The molecule has 0 fully saturated rings. The van der Waals surface area contributed by atoms with Crippen molar-refractivity contribution >= 4 is 11.4 Å². The lowest BCUT2D eigenvalue weighted by Crippen LogP contribution is -2.11. The number of nitrogens with zero attached hydrogens (tertiary/aromatic N) is 1. The third-order valence-corrected chi connectivity index (χ3v) is 5.56. The second-order valence-electron chi connectivity index (χ2n) is 8.17. The van der Waals surface area contributed by atoms with Gasteiger partial charge in [-0.2, -0.15) is 0 Å². The van der Waals surface area contributed by atoms with Gasteiger partial charge in [0.25, 0.3) is 0 Å². The largest absolute Gasteiger partial charge is 0.448 e. The molecule has 152 valence electrons. The van der Waals surface area contributed by atoms with Gasteiger partial charge in [-0.1, -0.05) is 80.5 Å². The van der Waals surface area contributed by atoms with E-state index in [1.807, 2.05) is 0 Å². The molecular formula is C27H34N2. The molecule has 1 heterocycles. The molecule has 0 unspecified atom stereocenters. The number of unbranched alkanes of at least 4 members (excludes halogenated alkanes) is 6. The van der Waals surface area contributed by atoms with Crippen LogP contribution in [0.2, 0.25) is 0 Å². The van der Waals surface area contributed by atoms with Gasteiger partial charge >= 0.3 is 0 Å². The first kappa shape index (κ1) is 21.1. The van der Waals surface area contributed by atoms with Crippen LogP contribution in [0.3, 0.4) is 0 Å². The van der Waals surface area contributed by atoms with Gasteiger partial charge in [-0.3, -0.25) is 0 Å². The van der Waals surface area contributed by atoms with Gasteiger partial charge in [0, 0.05) is 22.8 Å². The first-order chi connectivity index (χ1) is 14.1. The van der Waals surface area contributed by atoms with Crippen LogP contribution in [-0.4, -0.2) is 10.4 Å². The van der Waals surface area contributed by atoms with Crippen molar-refractivity contribution in [1.82, 2.24) is 0 Å². The maximum Gasteiger partial charge on any atom is 0.215 e. The molecule has 0 bridgehead atoms. The lowest BCUT2D eigenvalue weighted by Gasteiger charge is -2.09. The molecule has 0 aliphatic carbocycles. The van der Waals surface area contributed by atoms with E-state index in [9.17, 15) is 0 Å². The Morgan fingerprint density at radius 3 is 2.14 bits per heavy atom. The lowest BCUT2D eigenvalue weighted by atomic mass is 9.99. The van der Waals surface area contributed by atoms with Crippen LogP contribution >= 0.6 is 0 Å². The van der Waals surface area contributed by atoms with Crippen LogP contribution in [0.15, 0.2) is 66.3 Å². The summed E-state index contributed by atoms with van der Waals surface area (Å²) < 4.78 is 1.62. The number of hydrogen-bond donors (Lipinski definition) is 0. The smallest absolute Gasteiger partial charge is 0.215 e. The van der Waals surface area contributed by atoms with Crippen LogP contribution in [0.4, 0.5) is 0 Å². The van der Waals surface area contributed by atoms with Gasteiger partial charge in [-0.05, 0) is 51.0 Å². The minimum absolute atomic E-state index is 0.958. The Kier molecular flexibility index (Phi) is 7.46. The van der Waals surface area contributed by atoms with Crippen LogP contribution in [0.25, 0.3) is 11.5 Å². The fraction of sp³-hybridized carbons (Fsp3) is 0.370. The molecule has 1 aliphatic rings. The summed E-state index contributed by atoms with van der Waals surface area (Å²) in [6.45, 7) is 6.48. The van der Waals surface area contributed by atoms with E-state index in [0.29, 0.717) is 0 Å². The van der Waals surface area contributed by atoms with Gasteiger partial charge in [0.1, 0.15) is 0 Å². The summed E-state index contributed by atoms with van der Waals surface area (Å²) in [5.74, 6) is 8.87. The summed E-state index contributed by atoms with van der Waals surface area (Å²) in [5, 5.41) is 0. The highest BCUT2D eigenvalue weighted by Gasteiger charge is 2.27. The van der Waals surface area contributed by atoms with Crippen molar-refractivity contribution in [3.8, 4) is 0 Å². The van der Waals surface area contributed by atoms with Crippen molar-refractivity contribution in [2.24, 2.45) is 0 Å². The van der Waals surface area contributed by atoms with Crippen LogP contribution in [0.5, 0.6) is 0 Å². The van der Waals surface area contributed by atoms with E-state index in [1.165, 1.54) is 55.2 Å². The van der Waals surface area contributed by atoms with E-state index in [2.05, 4.69) is 81.5 Å². The van der Waals surface area contributed by atoms with Gasteiger partial charge in [0.05, 0.1) is 0 Å². The summed E-state index contributed by atoms with van der Waals surface area (Å²) in [7, 11) is 0. The topological polar surface area (TPSA) is 26.8 Å². The molecule has 3 rings (SSSR count). The maximum atomic E-state index is 8.87. The molecule has 0 aromatic heterocycles. The summed E-state index contributed by atoms with van der Waals surface area (Å²) in [6, 6.07) is 16.9. The third kappa shape index (κ3) is 5.47. The molecule has 0 atom stereocenters. The minimum Gasteiger partial charge on any atom is -0.448 e. The summed E-state index contributed by atoms with van der Waals surface area (Å²) in [5.41, 5.74) is 7.80. The van der Waals surface area contributed by atoms with Gasteiger partial charge in [0.15, 0.2) is 0 Å². The molecule has 1 aliphatic heterocycles. The molecule has 0 saturated carbocycles. The van der Waals surface area contributed by atoms with Crippen LogP contribution in [-0.2, 0) is 0 Å². The minimum atomic E-state index is 0.958. The Labute approximate surface area is 176 Å². The van der Waals surface area contributed by atoms with Gasteiger partial charge in [-0.15, -0.1) is 0 Å². The number of benzene rings is 2. The molecule has 2 aromatic rings. The van der Waals surface area contributed by atoms with Crippen molar-refractivity contribution in [3.63, 3.8) is 0 Å². The molecule has 1 N–H and O–H groups in total. The molecule has 0 spiro atoms. The first-order valence-electron chi connectivity index (χ1n) is 11.0. The highest BCUT2D eigenvalue weighted by Crippen LogP contribution is 2.29. The SMILES string of the molecule is CCCCCCCCC=C1C=C(c2cccc(C)c2)[N+]([NH-])=C1c1cccc(C)c1. The zero-order valence-corrected chi connectivity index (χ0v) is 18.2. The Morgan fingerprint density at radius 1 is 0.828 bits per heavy atom. The van der Waals surface area contributed by atoms with Gasteiger partial charge in [-0.25, -0.2) is 4.68 Å². The highest BCUT2D eigenvalue weighted by molar-refractivity contribution is 6.14. The highest BCUT2D eigenvalue weighted by atomic mass is 15.3. The summed E-state index contributed by atoms with van der Waals surface area (Å²) in [4.78, 5) is 0. The molecule has 29 heavy (non-hydrogen) atoms. The number of rotatable bonds is 9. The second kappa shape index (κ2) is 10.2.